The number of nitrogens with zero attached hydrogens (tertiary/aromatic N) is 1. The lowest BCUT2D eigenvalue weighted by Gasteiger charge is -2.45. The number of carbonyl (C=O) groups excluding carboxylic acids is 1. The summed E-state index contributed by atoms with van der Waals surface area (Å²) in [6, 6.07) is 17.7. The molecule has 2 atom stereocenters. The van der Waals surface area contributed by atoms with E-state index in [4.69, 9.17) is 0 Å². The first kappa shape index (κ1) is 14.6. The van der Waals surface area contributed by atoms with E-state index in [9.17, 15) is 4.79 Å². The van der Waals surface area contributed by atoms with Gasteiger partial charge in [-0.05, 0) is 54.8 Å². The Bertz CT molecular complexity index is 694. The highest BCUT2D eigenvalue weighted by Gasteiger charge is 2.36. The van der Waals surface area contributed by atoms with Crippen LogP contribution in [0.25, 0.3) is 0 Å². The Morgan fingerprint density at radius 3 is 2.74 bits per heavy atom. The van der Waals surface area contributed by atoms with Gasteiger partial charge in [0.1, 0.15) is 6.29 Å². The molecule has 2 unspecified atom stereocenters. The van der Waals surface area contributed by atoms with Gasteiger partial charge in [0.25, 0.3) is 0 Å². The summed E-state index contributed by atoms with van der Waals surface area (Å²) in [4.78, 5) is 14.0. The van der Waals surface area contributed by atoms with Gasteiger partial charge in [-0.1, -0.05) is 48.5 Å². The van der Waals surface area contributed by atoms with Crippen LogP contribution in [0.15, 0.2) is 48.5 Å². The number of hydrogen-bond donors (Lipinski definition) is 0. The Labute approximate surface area is 138 Å². The van der Waals surface area contributed by atoms with Crippen LogP contribution in [0, 0.1) is 0 Å². The number of piperidine rings is 1. The Kier molecular flexibility index (Phi) is 4.00. The molecule has 2 aromatic rings. The SMILES string of the molecule is O=Cc1cccc2c1CCC1C2CCCN1Cc1ccccc1. The minimum atomic E-state index is 0.594. The van der Waals surface area contributed by atoms with Crippen LogP contribution in [0.2, 0.25) is 0 Å². The second-order valence-corrected chi connectivity index (χ2v) is 6.84. The molecule has 0 radical (unpaired) electrons. The third-order valence-electron chi connectivity index (χ3n) is 5.59. The molecule has 1 fully saturated rings. The van der Waals surface area contributed by atoms with E-state index in [1.165, 1.54) is 42.5 Å². The van der Waals surface area contributed by atoms with Crippen LogP contribution in [-0.2, 0) is 13.0 Å². The highest BCUT2D eigenvalue weighted by Crippen LogP contribution is 2.41. The average Bonchev–Trinajstić information content (AvgIpc) is 2.62. The van der Waals surface area contributed by atoms with Gasteiger partial charge >= 0.3 is 0 Å². The van der Waals surface area contributed by atoms with Crippen LogP contribution in [0.5, 0.6) is 0 Å². The second kappa shape index (κ2) is 6.29. The van der Waals surface area contributed by atoms with E-state index in [0.717, 1.165) is 24.8 Å². The Balaban J connectivity index is 1.62. The molecule has 1 saturated heterocycles. The van der Waals surface area contributed by atoms with Crippen molar-refractivity contribution in [3.63, 3.8) is 0 Å². The molecule has 2 heteroatoms. The maximum absolute atomic E-state index is 11.3. The average molecular weight is 305 g/mol. The van der Waals surface area contributed by atoms with Crippen LogP contribution < -0.4 is 0 Å². The van der Waals surface area contributed by atoms with Crippen molar-refractivity contribution in [2.45, 2.75) is 44.2 Å². The minimum absolute atomic E-state index is 0.594. The molecule has 23 heavy (non-hydrogen) atoms. The fourth-order valence-electron chi connectivity index (χ4n) is 4.55. The number of carbonyl (C=O) groups is 1. The summed E-state index contributed by atoms with van der Waals surface area (Å²) in [5.74, 6) is 0.594. The fourth-order valence-corrected chi connectivity index (χ4v) is 4.55. The molecule has 0 spiro atoms. The predicted octanol–water partition coefficient (Wildman–Crippen LogP) is 4.19. The van der Waals surface area contributed by atoms with Crippen LogP contribution in [0.4, 0.5) is 0 Å². The largest absolute Gasteiger partial charge is 0.298 e. The van der Waals surface area contributed by atoms with Gasteiger partial charge in [0.2, 0.25) is 0 Å². The molecule has 118 valence electrons. The lowest BCUT2D eigenvalue weighted by molar-refractivity contribution is 0.104. The summed E-state index contributed by atoms with van der Waals surface area (Å²) in [6.07, 6.45) is 5.75. The zero-order valence-electron chi connectivity index (χ0n) is 13.4. The molecule has 0 amide bonds. The summed E-state index contributed by atoms with van der Waals surface area (Å²) >= 11 is 0. The Morgan fingerprint density at radius 1 is 1.04 bits per heavy atom. The molecule has 1 aliphatic carbocycles. The zero-order valence-corrected chi connectivity index (χ0v) is 13.4. The van der Waals surface area contributed by atoms with Crippen molar-refractivity contribution in [1.82, 2.24) is 4.90 Å². The van der Waals surface area contributed by atoms with Crippen LogP contribution >= 0.6 is 0 Å². The van der Waals surface area contributed by atoms with E-state index in [2.05, 4.69) is 47.4 Å². The van der Waals surface area contributed by atoms with Gasteiger partial charge in [-0.25, -0.2) is 0 Å². The van der Waals surface area contributed by atoms with E-state index >= 15 is 0 Å². The van der Waals surface area contributed by atoms with Crippen molar-refractivity contribution in [3.05, 3.63) is 70.8 Å². The van der Waals surface area contributed by atoms with Gasteiger partial charge in [0, 0.05) is 18.2 Å². The fraction of sp³-hybridized carbons (Fsp3) is 0.381. The van der Waals surface area contributed by atoms with Crippen LogP contribution in [-0.4, -0.2) is 23.8 Å². The lowest BCUT2D eigenvalue weighted by Crippen LogP contribution is -2.46. The summed E-state index contributed by atoms with van der Waals surface area (Å²) < 4.78 is 0. The first-order valence-corrected chi connectivity index (χ1v) is 8.72. The minimum Gasteiger partial charge on any atom is -0.298 e. The molecule has 4 rings (SSSR count). The summed E-state index contributed by atoms with van der Waals surface area (Å²) in [6.45, 7) is 2.24. The van der Waals surface area contributed by atoms with Crippen molar-refractivity contribution in [2.75, 3.05) is 6.54 Å². The van der Waals surface area contributed by atoms with Crippen LogP contribution in [0.1, 0.15) is 52.2 Å². The Hall–Kier alpha value is -1.93. The monoisotopic (exact) mass is 305 g/mol. The number of benzene rings is 2. The summed E-state index contributed by atoms with van der Waals surface area (Å²) in [5, 5.41) is 0. The second-order valence-electron chi connectivity index (χ2n) is 6.84. The molecule has 2 nitrogen and oxygen atoms in total. The third-order valence-corrected chi connectivity index (χ3v) is 5.59. The molecular formula is C21H23NO. The van der Waals surface area contributed by atoms with Gasteiger partial charge in [-0.2, -0.15) is 0 Å². The molecule has 0 saturated carbocycles. The molecule has 0 aromatic heterocycles. The van der Waals surface area contributed by atoms with Crippen molar-refractivity contribution >= 4 is 6.29 Å². The van der Waals surface area contributed by atoms with E-state index in [0.29, 0.717) is 12.0 Å². The van der Waals surface area contributed by atoms with Crippen molar-refractivity contribution in [2.24, 2.45) is 0 Å². The number of fused-ring (bicyclic) bond motifs is 3. The Morgan fingerprint density at radius 2 is 1.91 bits per heavy atom. The number of rotatable bonds is 3. The quantitative estimate of drug-likeness (QED) is 0.792. The normalized spacial score (nSPS) is 23.8. The first-order valence-electron chi connectivity index (χ1n) is 8.72. The maximum Gasteiger partial charge on any atom is 0.150 e. The number of hydrogen-bond acceptors (Lipinski definition) is 2. The van der Waals surface area contributed by atoms with Crippen molar-refractivity contribution < 1.29 is 4.79 Å². The van der Waals surface area contributed by atoms with Gasteiger partial charge < -0.3 is 0 Å². The lowest BCUT2D eigenvalue weighted by atomic mass is 9.73. The smallest absolute Gasteiger partial charge is 0.150 e. The standard InChI is InChI=1S/C21H23NO/c23-15-17-8-4-9-19-18(17)11-12-21-20(19)10-5-13-22(21)14-16-6-2-1-3-7-16/h1-4,6-9,15,20-21H,5,10-14H2. The van der Waals surface area contributed by atoms with Gasteiger partial charge in [-0.15, -0.1) is 0 Å². The third kappa shape index (κ3) is 2.72. The topological polar surface area (TPSA) is 20.3 Å². The van der Waals surface area contributed by atoms with Crippen LogP contribution in [0.3, 0.4) is 0 Å². The molecule has 2 aliphatic rings. The maximum atomic E-state index is 11.3. The highest BCUT2D eigenvalue weighted by atomic mass is 16.1. The summed E-state index contributed by atoms with van der Waals surface area (Å²) in [5.41, 5.74) is 5.05. The van der Waals surface area contributed by atoms with Gasteiger partial charge in [0.05, 0.1) is 0 Å². The van der Waals surface area contributed by atoms with Gasteiger partial charge in [-0.3, -0.25) is 9.69 Å². The molecule has 1 aliphatic heterocycles. The van der Waals surface area contributed by atoms with Gasteiger partial charge in [0.15, 0.2) is 0 Å². The van der Waals surface area contributed by atoms with E-state index < -0.39 is 0 Å². The molecule has 2 aromatic carbocycles. The first-order chi connectivity index (χ1) is 11.4. The van der Waals surface area contributed by atoms with Crippen molar-refractivity contribution in [3.8, 4) is 0 Å². The van der Waals surface area contributed by atoms with Crippen molar-refractivity contribution in [1.29, 1.82) is 0 Å². The molecule has 0 N–H and O–H groups in total. The molecular weight excluding hydrogens is 282 g/mol. The predicted molar refractivity (Wildman–Crippen MR) is 92.8 cm³/mol. The number of aldehydes is 1. The van der Waals surface area contributed by atoms with E-state index in [-0.39, 0.29) is 0 Å². The highest BCUT2D eigenvalue weighted by molar-refractivity contribution is 5.78. The van der Waals surface area contributed by atoms with E-state index in [1.54, 1.807) is 0 Å². The van der Waals surface area contributed by atoms with E-state index in [1.807, 2.05) is 6.07 Å². The zero-order chi connectivity index (χ0) is 15.6. The number of likely N-dealkylation sites (tertiary alicyclic amines) is 1. The molecule has 0 bridgehead atoms. The molecule has 1 heterocycles. The summed E-state index contributed by atoms with van der Waals surface area (Å²) in [7, 11) is 0.